The number of halogens is 1. The average Bonchev–Trinajstić information content (AvgIpc) is 3.07. The van der Waals surface area contributed by atoms with Gasteiger partial charge in [-0.2, -0.15) is 0 Å². The van der Waals surface area contributed by atoms with Crippen LogP contribution < -0.4 is 5.32 Å². The lowest BCUT2D eigenvalue weighted by Crippen LogP contribution is -2.50. The van der Waals surface area contributed by atoms with Crippen LogP contribution in [-0.2, 0) is 26.2 Å². The van der Waals surface area contributed by atoms with E-state index in [-0.39, 0.29) is 41.9 Å². The summed E-state index contributed by atoms with van der Waals surface area (Å²) in [5.74, 6) is -1.27. The predicted molar refractivity (Wildman–Crippen MR) is 138 cm³/mol. The molecule has 0 unspecified atom stereocenters. The smallest absolute Gasteiger partial charge is 0.269 e. The van der Waals surface area contributed by atoms with Gasteiger partial charge < -0.3 is 10.2 Å². The van der Waals surface area contributed by atoms with Crippen molar-refractivity contribution in [3.63, 3.8) is 0 Å². The van der Waals surface area contributed by atoms with Crippen molar-refractivity contribution in [3.8, 4) is 0 Å². The zero-order valence-electron chi connectivity index (χ0n) is 20.2. The molecule has 1 N–H and O–H groups in total. The summed E-state index contributed by atoms with van der Waals surface area (Å²) in [7, 11) is -4.01. The van der Waals surface area contributed by atoms with Crippen molar-refractivity contribution in [2.75, 3.05) is 6.54 Å². The predicted octanol–water partition coefficient (Wildman–Crippen LogP) is 3.85. The highest BCUT2D eigenvalue weighted by molar-refractivity contribution is 9.10. The van der Waals surface area contributed by atoms with E-state index in [1.54, 1.807) is 19.1 Å². The number of carbonyl (C=O) groups is 3. The van der Waals surface area contributed by atoms with Gasteiger partial charge in [0.15, 0.2) is 0 Å². The van der Waals surface area contributed by atoms with Crippen LogP contribution in [0.5, 0.6) is 0 Å². The molecule has 1 aliphatic carbocycles. The summed E-state index contributed by atoms with van der Waals surface area (Å²) in [6, 6.07) is 12.8. The van der Waals surface area contributed by atoms with Crippen molar-refractivity contribution < 1.29 is 22.8 Å². The first kappa shape index (κ1) is 26.3. The summed E-state index contributed by atoms with van der Waals surface area (Å²) < 4.78 is 27.4. The van der Waals surface area contributed by atoms with E-state index < -0.39 is 27.9 Å². The van der Waals surface area contributed by atoms with E-state index in [0.29, 0.717) is 0 Å². The maximum Gasteiger partial charge on any atom is 0.269 e. The monoisotopic (exact) mass is 575 g/mol. The zero-order chi connectivity index (χ0) is 25.9. The maximum absolute atomic E-state index is 13.4. The summed E-state index contributed by atoms with van der Waals surface area (Å²) in [5, 5.41) is 3.08. The Hall–Kier alpha value is -2.72. The third-order valence-electron chi connectivity index (χ3n) is 6.83. The molecular weight excluding hydrogens is 546 g/mol. The normalized spacial score (nSPS) is 17.9. The summed E-state index contributed by atoms with van der Waals surface area (Å²) in [6.45, 7) is 1.58. The molecule has 0 aromatic heterocycles. The van der Waals surface area contributed by atoms with Crippen molar-refractivity contribution in [2.24, 2.45) is 0 Å². The van der Waals surface area contributed by atoms with E-state index in [1.165, 1.54) is 17.0 Å². The standard InChI is InChI=1S/C26H30BrN3O5S/c1-18(25(32)28-21-7-3-2-4-8-21)29(17-19-11-13-20(27)14-12-19)24(31)15-16-30-26(33)22-9-5-6-10-23(22)36(30,34)35/h5-6,9-14,18,21H,2-4,7-8,15-17H2,1H3,(H,28,32)/t18-/m0/s1. The number of rotatable bonds is 8. The Labute approximate surface area is 220 Å². The number of sulfonamides is 1. The largest absolute Gasteiger partial charge is 0.352 e. The summed E-state index contributed by atoms with van der Waals surface area (Å²) in [4.78, 5) is 40.6. The number of hydrogen-bond acceptors (Lipinski definition) is 5. The number of benzene rings is 2. The fourth-order valence-electron chi connectivity index (χ4n) is 4.73. The van der Waals surface area contributed by atoms with Crippen LogP contribution in [0.25, 0.3) is 0 Å². The average molecular weight is 577 g/mol. The number of amides is 3. The van der Waals surface area contributed by atoms with E-state index in [1.807, 2.05) is 24.3 Å². The van der Waals surface area contributed by atoms with E-state index in [0.717, 1.165) is 46.4 Å². The van der Waals surface area contributed by atoms with Gasteiger partial charge >= 0.3 is 0 Å². The molecule has 2 aromatic rings. The van der Waals surface area contributed by atoms with Crippen molar-refractivity contribution in [3.05, 3.63) is 64.1 Å². The van der Waals surface area contributed by atoms with Gasteiger partial charge in [-0.1, -0.05) is 59.5 Å². The van der Waals surface area contributed by atoms with Crippen LogP contribution in [0.3, 0.4) is 0 Å². The number of hydrogen-bond donors (Lipinski definition) is 1. The molecule has 4 rings (SSSR count). The lowest BCUT2D eigenvalue weighted by Gasteiger charge is -2.31. The molecule has 2 aliphatic rings. The van der Waals surface area contributed by atoms with Crippen molar-refractivity contribution in [1.29, 1.82) is 0 Å². The Morgan fingerprint density at radius 1 is 1.08 bits per heavy atom. The number of nitrogens with zero attached hydrogens (tertiary/aromatic N) is 2. The Balaban J connectivity index is 1.49. The Bertz CT molecular complexity index is 1240. The highest BCUT2D eigenvalue weighted by atomic mass is 79.9. The van der Waals surface area contributed by atoms with Gasteiger partial charge in [0, 0.05) is 30.0 Å². The van der Waals surface area contributed by atoms with Crippen LogP contribution in [-0.4, -0.2) is 54.0 Å². The molecular formula is C26H30BrN3O5S. The minimum absolute atomic E-state index is 0.0469. The van der Waals surface area contributed by atoms with Crippen molar-refractivity contribution >= 4 is 43.7 Å². The van der Waals surface area contributed by atoms with Gasteiger partial charge in [-0.25, -0.2) is 12.7 Å². The summed E-state index contributed by atoms with van der Waals surface area (Å²) in [5.41, 5.74) is 0.943. The van der Waals surface area contributed by atoms with Gasteiger partial charge in [-0.15, -0.1) is 0 Å². The molecule has 8 nitrogen and oxygen atoms in total. The van der Waals surface area contributed by atoms with Crippen LogP contribution in [0.2, 0.25) is 0 Å². The second kappa shape index (κ2) is 11.1. The van der Waals surface area contributed by atoms with Gasteiger partial charge in [0.1, 0.15) is 10.9 Å². The SMILES string of the molecule is C[C@@H](C(=O)NC1CCCCC1)N(Cc1ccc(Br)cc1)C(=O)CCN1C(=O)c2ccccc2S1(=O)=O. The highest BCUT2D eigenvalue weighted by Gasteiger charge is 2.41. The Morgan fingerprint density at radius 3 is 2.42 bits per heavy atom. The van der Waals surface area contributed by atoms with Crippen LogP contribution in [0.1, 0.15) is 61.4 Å². The minimum atomic E-state index is -4.01. The molecule has 10 heteroatoms. The lowest BCUT2D eigenvalue weighted by molar-refractivity contribution is -0.141. The third-order valence-corrected chi connectivity index (χ3v) is 9.19. The summed E-state index contributed by atoms with van der Waals surface area (Å²) >= 11 is 3.40. The van der Waals surface area contributed by atoms with E-state index in [4.69, 9.17) is 0 Å². The highest BCUT2D eigenvalue weighted by Crippen LogP contribution is 2.30. The minimum Gasteiger partial charge on any atom is -0.352 e. The molecule has 1 saturated carbocycles. The van der Waals surface area contributed by atoms with Gasteiger partial charge in [-0.05, 0) is 49.6 Å². The fraction of sp³-hybridized carbons (Fsp3) is 0.423. The van der Waals surface area contributed by atoms with Gasteiger partial charge in [0.05, 0.1) is 5.56 Å². The van der Waals surface area contributed by atoms with Crippen LogP contribution in [0.4, 0.5) is 0 Å². The summed E-state index contributed by atoms with van der Waals surface area (Å²) in [6.07, 6.45) is 4.93. The van der Waals surface area contributed by atoms with E-state index >= 15 is 0 Å². The molecule has 0 bridgehead atoms. The van der Waals surface area contributed by atoms with E-state index in [9.17, 15) is 22.8 Å². The molecule has 1 atom stereocenters. The molecule has 1 heterocycles. The van der Waals surface area contributed by atoms with Crippen molar-refractivity contribution in [1.82, 2.24) is 14.5 Å². The molecule has 0 radical (unpaired) electrons. The van der Waals surface area contributed by atoms with Gasteiger partial charge in [0.2, 0.25) is 11.8 Å². The maximum atomic E-state index is 13.4. The first-order valence-electron chi connectivity index (χ1n) is 12.2. The second-order valence-electron chi connectivity index (χ2n) is 9.30. The molecule has 0 spiro atoms. The van der Waals surface area contributed by atoms with Crippen LogP contribution in [0, 0.1) is 0 Å². The molecule has 1 fully saturated rings. The van der Waals surface area contributed by atoms with Crippen molar-refractivity contribution in [2.45, 2.75) is 69.0 Å². The Morgan fingerprint density at radius 2 is 1.75 bits per heavy atom. The quantitative estimate of drug-likeness (QED) is 0.515. The lowest BCUT2D eigenvalue weighted by atomic mass is 9.95. The second-order valence-corrected chi connectivity index (χ2v) is 12.0. The molecule has 3 amide bonds. The zero-order valence-corrected chi connectivity index (χ0v) is 22.6. The van der Waals surface area contributed by atoms with Crippen LogP contribution >= 0.6 is 15.9 Å². The number of fused-ring (bicyclic) bond motifs is 1. The Kier molecular flexibility index (Phi) is 8.14. The molecule has 192 valence electrons. The van der Waals surface area contributed by atoms with Gasteiger partial charge in [0.25, 0.3) is 15.9 Å². The topological polar surface area (TPSA) is 104 Å². The first-order chi connectivity index (χ1) is 17.2. The first-order valence-corrected chi connectivity index (χ1v) is 14.4. The molecule has 0 saturated heterocycles. The molecule has 36 heavy (non-hydrogen) atoms. The molecule has 1 aliphatic heterocycles. The number of carbonyl (C=O) groups excluding carboxylic acids is 3. The fourth-order valence-corrected chi connectivity index (χ4v) is 6.56. The molecule has 2 aromatic carbocycles. The number of nitrogens with one attached hydrogen (secondary N) is 1. The third kappa shape index (κ3) is 5.64. The van der Waals surface area contributed by atoms with Gasteiger partial charge in [-0.3, -0.25) is 14.4 Å². The van der Waals surface area contributed by atoms with E-state index in [2.05, 4.69) is 21.2 Å². The van der Waals surface area contributed by atoms with Crippen LogP contribution in [0.15, 0.2) is 57.9 Å².